The van der Waals surface area contributed by atoms with Crippen molar-refractivity contribution in [3.05, 3.63) is 95.3 Å². The zero-order valence-electron chi connectivity index (χ0n) is 19.1. The number of halogens is 1. The first-order valence-electron chi connectivity index (χ1n) is 11.2. The summed E-state index contributed by atoms with van der Waals surface area (Å²) >= 11 is 0. The van der Waals surface area contributed by atoms with Gasteiger partial charge in [-0.05, 0) is 42.3 Å². The lowest BCUT2D eigenvalue weighted by Crippen LogP contribution is -2.32. The monoisotopic (exact) mass is 481 g/mol. The van der Waals surface area contributed by atoms with Gasteiger partial charge in [0.1, 0.15) is 34.3 Å². The Morgan fingerprint density at radius 2 is 1.94 bits per heavy atom. The molecule has 0 unspecified atom stereocenters. The molecule has 36 heavy (non-hydrogen) atoms. The van der Waals surface area contributed by atoms with Crippen molar-refractivity contribution in [2.24, 2.45) is 0 Å². The van der Waals surface area contributed by atoms with Gasteiger partial charge < -0.3 is 20.6 Å². The highest BCUT2D eigenvalue weighted by atomic mass is 19.1. The summed E-state index contributed by atoms with van der Waals surface area (Å²) in [6.45, 7) is 1.72. The largest absolute Gasteiger partial charge is 0.508 e. The van der Waals surface area contributed by atoms with Gasteiger partial charge in [-0.15, -0.1) is 0 Å². The molecule has 1 atom stereocenters. The fourth-order valence-electron chi connectivity index (χ4n) is 4.63. The van der Waals surface area contributed by atoms with E-state index in [1.54, 1.807) is 49.8 Å². The fourth-order valence-corrected chi connectivity index (χ4v) is 4.63. The van der Waals surface area contributed by atoms with Gasteiger partial charge in [0.05, 0.1) is 11.3 Å². The van der Waals surface area contributed by atoms with Gasteiger partial charge in [-0.2, -0.15) is 0 Å². The number of nitrogens with two attached hydrogens (primary N) is 1. The first kappa shape index (κ1) is 21.7. The number of hydrogen-bond acceptors (Lipinski definition) is 7. The maximum absolute atomic E-state index is 13.4. The molecular formula is C26H20FN7O2. The molecule has 0 aliphatic carbocycles. The number of carbonyl (C=O) groups excluding carboxylic acids is 1. The van der Waals surface area contributed by atoms with Crippen LogP contribution >= 0.6 is 0 Å². The second-order valence-corrected chi connectivity index (χ2v) is 8.82. The third kappa shape index (κ3) is 3.34. The molecule has 3 aromatic heterocycles. The van der Waals surface area contributed by atoms with E-state index in [9.17, 15) is 14.3 Å². The number of anilines is 2. The van der Waals surface area contributed by atoms with Gasteiger partial charge in [-0.25, -0.2) is 24.3 Å². The minimum absolute atomic E-state index is 0.0394. The van der Waals surface area contributed by atoms with Crippen LogP contribution in [0, 0.1) is 5.82 Å². The molecule has 1 aliphatic heterocycles. The Hall–Kier alpha value is -4.86. The number of carbonyl (C=O) groups is 1. The lowest BCUT2D eigenvalue weighted by atomic mass is 9.77. The summed E-state index contributed by atoms with van der Waals surface area (Å²) in [5.41, 5.74) is 8.86. The highest BCUT2D eigenvalue weighted by molar-refractivity contribution is 6.09. The van der Waals surface area contributed by atoms with Crippen LogP contribution in [0.2, 0.25) is 0 Å². The number of amides is 1. The number of aromatic hydroxyl groups is 1. The third-order valence-electron chi connectivity index (χ3n) is 6.50. The standard InChI is InChI=1S/C26H20FN7O2/c1-26(15-3-2-4-17(35)12-15)20-21(28)31-22(32-23(20)33-25(26)36)19-13-34-10-9-29-24(34)18(30-19)11-14-5-7-16(27)8-6-14/h2-10,12-13,35H,11H2,1H3,(H3,28,31,32,33,36)/t26-/m0/s1. The Morgan fingerprint density at radius 1 is 1.14 bits per heavy atom. The van der Waals surface area contributed by atoms with Crippen molar-refractivity contribution in [3.8, 4) is 17.3 Å². The molecule has 6 rings (SSSR count). The Labute approximate surface area is 204 Å². The third-order valence-corrected chi connectivity index (χ3v) is 6.50. The van der Waals surface area contributed by atoms with E-state index in [1.807, 2.05) is 4.40 Å². The van der Waals surface area contributed by atoms with Crippen LogP contribution in [0.3, 0.4) is 0 Å². The molecule has 0 radical (unpaired) electrons. The maximum Gasteiger partial charge on any atom is 0.240 e. The molecule has 10 heteroatoms. The number of nitrogens with zero attached hydrogens (tertiary/aromatic N) is 5. The van der Waals surface area contributed by atoms with Crippen molar-refractivity contribution < 1.29 is 14.3 Å². The second-order valence-electron chi connectivity index (χ2n) is 8.82. The van der Waals surface area contributed by atoms with Crippen LogP contribution in [0.15, 0.2) is 67.1 Å². The van der Waals surface area contributed by atoms with Crippen LogP contribution in [-0.4, -0.2) is 35.4 Å². The number of aromatic nitrogens is 5. The molecule has 4 heterocycles. The minimum atomic E-state index is -1.17. The van der Waals surface area contributed by atoms with E-state index in [0.29, 0.717) is 40.4 Å². The first-order chi connectivity index (χ1) is 17.3. The van der Waals surface area contributed by atoms with Crippen LogP contribution in [0.25, 0.3) is 17.2 Å². The Kier molecular flexibility index (Phi) is 4.72. The Bertz CT molecular complexity index is 1670. The first-order valence-corrected chi connectivity index (χ1v) is 11.2. The van der Waals surface area contributed by atoms with E-state index in [1.165, 1.54) is 24.3 Å². The van der Waals surface area contributed by atoms with Gasteiger partial charge in [0, 0.05) is 25.0 Å². The Balaban J connectivity index is 1.46. The van der Waals surface area contributed by atoms with Gasteiger partial charge in [-0.3, -0.25) is 4.79 Å². The van der Waals surface area contributed by atoms with Crippen molar-refractivity contribution in [1.29, 1.82) is 0 Å². The number of nitrogen functional groups attached to an aromatic ring is 1. The summed E-state index contributed by atoms with van der Waals surface area (Å²) in [7, 11) is 0. The molecule has 9 nitrogen and oxygen atoms in total. The fraction of sp³-hybridized carbons (Fsp3) is 0.115. The quantitative estimate of drug-likeness (QED) is 0.358. The molecule has 1 aliphatic rings. The van der Waals surface area contributed by atoms with E-state index in [-0.39, 0.29) is 29.1 Å². The molecule has 5 aromatic rings. The summed E-state index contributed by atoms with van der Waals surface area (Å²) < 4.78 is 15.2. The molecule has 4 N–H and O–H groups in total. The summed E-state index contributed by atoms with van der Waals surface area (Å²) in [4.78, 5) is 31.4. The number of hydrogen-bond donors (Lipinski definition) is 3. The average Bonchev–Trinajstić information content (AvgIpc) is 3.43. The Morgan fingerprint density at radius 3 is 2.72 bits per heavy atom. The van der Waals surface area contributed by atoms with Crippen LogP contribution in [0.1, 0.15) is 29.3 Å². The van der Waals surface area contributed by atoms with Gasteiger partial charge in [0.25, 0.3) is 0 Å². The highest BCUT2D eigenvalue weighted by Gasteiger charge is 2.47. The normalized spacial score (nSPS) is 16.8. The van der Waals surface area contributed by atoms with E-state index in [4.69, 9.17) is 10.7 Å². The lowest BCUT2D eigenvalue weighted by molar-refractivity contribution is -0.119. The number of nitrogens with one attached hydrogen (secondary N) is 1. The highest BCUT2D eigenvalue weighted by Crippen LogP contribution is 2.45. The van der Waals surface area contributed by atoms with E-state index in [0.717, 1.165) is 5.56 Å². The molecule has 2 aromatic carbocycles. The van der Waals surface area contributed by atoms with E-state index < -0.39 is 5.41 Å². The van der Waals surface area contributed by atoms with E-state index in [2.05, 4.69) is 20.3 Å². The van der Waals surface area contributed by atoms with Crippen molar-refractivity contribution in [2.45, 2.75) is 18.8 Å². The summed E-state index contributed by atoms with van der Waals surface area (Å²) in [5.74, 6) is 0.0671. The van der Waals surface area contributed by atoms with Crippen LogP contribution < -0.4 is 11.1 Å². The van der Waals surface area contributed by atoms with Crippen molar-refractivity contribution in [1.82, 2.24) is 24.3 Å². The SMILES string of the molecule is C[C@@]1(c2cccc(O)c2)C(=O)Nc2nc(-c3cn4ccnc4c(Cc4ccc(F)cc4)n3)nc(N)c21. The molecule has 0 spiro atoms. The summed E-state index contributed by atoms with van der Waals surface area (Å²) in [5, 5.41) is 12.8. The molecule has 0 saturated carbocycles. The molecular weight excluding hydrogens is 461 g/mol. The number of phenolic OH excluding ortho intramolecular Hbond substituents is 1. The predicted molar refractivity (Wildman–Crippen MR) is 131 cm³/mol. The van der Waals surface area contributed by atoms with Crippen LogP contribution in [0.4, 0.5) is 16.0 Å². The zero-order chi connectivity index (χ0) is 25.0. The number of phenols is 1. The topological polar surface area (TPSA) is 131 Å². The van der Waals surface area contributed by atoms with Crippen molar-refractivity contribution >= 4 is 23.2 Å². The average molecular weight is 481 g/mol. The zero-order valence-corrected chi connectivity index (χ0v) is 19.1. The summed E-state index contributed by atoms with van der Waals surface area (Å²) in [6.07, 6.45) is 5.60. The lowest BCUT2D eigenvalue weighted by Gasteiger charge is -2.23. The van der Waals surface area contributed by atoms with Gasteiger partial charge >= 0.3 is 0 Å². The number of fused-ring (bicyclic) bond motifs is 2. The predicted octanol–water partition coefficient (Wildman–Crippen LogP) is 3.46. The molecule has 1 amide bonds. The van der Waals surface area contributed by atoms with Crippen molar-refractivity contribution in [3.63, 3.8) is 0 Å². The van der Waals surface area contributed by atoms with Crippen LogP contribution in [0.5, 0.6) is 5.75 Å². The van der Waals surface area contributed by atoms with Crippen LogP contribution in [-0.2, 0) is 16.6 Å². The van der Waals surface area contributed by atoms with E-state index >= 15 is 0 Å². The van der Waals surface area contributed by atoms with Gasteiger partial charge in [-0.1, -0.05) is 24.3 Å². The second kappa shape index (κ2) is 7.84. The summed E-state index contributed by atoms with van der Waals surface area (Å²) in [6, 6.07) is 12.7. The number of benzene rings is 2. The molecule has 178 valence electrons. The molecule has 0 saturated heterocycles. The minimum Gasteiger partial charge on any atom is -0.508 e. The van der Waals surface area contributed by atoms with Gasteiger partial charge in [0.2, 0.25) is 5.91 Å². The van der Waals surface area contributed by atoms with Crippen molar-refractivity contribution in [2.75, 3.05) is 11.1 Å². The maximum atomic E-state index is 13.4. The van der Waals surface area contributed by atoms with Gasteiger partial charge in [0.15, 0.2) is 11.5 Å². The number of imidazole rings is 1. The molecule has 0 bridgehead atoms. The number of rotatable bonds is 4. The molecule has 0 fully saturated rings. The smallest absolute Gasteiger partial charge is 0.240 e.